The van der Waals surface area contributed by atoms with E-state index in [4.69, 9.17) is 14.2 Å². The van der Waals surface area contributed by atoms with Crippen molar-refractivity contribution >= 4 is 34.6 Å². The molecule has 0 spiro atoms. The standard InChI is InChI=1S/C20H16N6O4/c1-2-28-20(27)17-19-22-18(13-5-3-4-6-14(13)26(19)25-23-17)24-21-10-12-7-8-15-16(9-12)30-11-29-15/h3-10H,2,11H2,1H3,(H,22,24)/b21-10-. The fraction of sp³-hybridized carbons (Fsp3) is 0.150. The molecule has 0 saturated carbocycles. The number of hydrogen-bond acceptors (Lipinski definition) is 9. The van der Waals surface area contributed by atoms with Gasteiger partial charge in [0, 0.05) is 5.39 Å². The van der Waals surface area contributed by atoms with Crippen molar-refractivity contribution < 1.29 is 19.0 Å². The highest BCUT2D eigenvalue weighted by Crippen LogP contribution is 2.32. The first-order chi connectivity index (χ1) is 14.7. The maximum Gasteiger partial charge on any atom is 0.362 e. The molecule has 1 N–H and O–H groups in total. The Kier molecular flexibility index (Phi) is 4.36. The molecule has 150 valence electrons. The zero-order valence-electron chi connectivity index (χ0n) is 15.9. The largest absolute Gasteiger partial charge is 0.461 e. The van der Waals surface area contributed by atoms with Crippen LogP contribution < -0.4 is 14.9 Å². The monoisotopic (exact) mass is 404 g/mol. The molecule has 2 aromatic heterocycles. The van der Waals surface area contributed by atoms with Crippen molar-refractivity contribution in [2.24, 2.45) is 5.10 Å². The molecule has 0 unspecified atom stereocenters. The van der Waals surface area contributed by atoms with Gasteiger partial charge in [-0.15, -0.1) is 5.10 Å². The molecule has 30 heavy (non-hydrogen) atoms. The highest BCUT2D eigenvalue weighted by molar-refractivity contribution is 5.98. The van der Waals surface area contributed by atoms with Gasteiger partial charge in [0.2, 0.25) is 12.5 Å². The molecule has 0 atom stereocenters. The fourth-order valence-electron chi connectivity index (χ4n) is 3.14. The third kappa shape index (κ3) is 3.04. The minimum Gasteiger partial charge on any atom is -0.461 e. The lowest BCUT2D eigenvalue weighted by Gasteiger charge is -2.07. The van der Waals surface area contributed by atoms with E-state index in [-0.39, 0.29) is 24.7 Å². The summed E-state index contributed by atoms with van der Waals surface area (Å²) in [7, 11) is 0. The summed E-state index contributed by atoms with van der Waals surface area (Å²) in [6.45, 7) is 2.17. The zero-order chi connectivity index (χ0) is 20.5. The summed E-state index contributed by atoms with van der Waals surface area (Å²) >= 11 is 0. The van der Waals surface area contributed by atoms with E-state index in [2.05, 4.69) is 25.8 Å². The van der Waals surface area contributed by atoms with Gasteiger partial charge in [0.15, 0.2) is 23.0 Å². The lowest BCUT2D eigenvalue weighted by molar-refractivity contribution is 0.0521. The molecule has 4 aromatic rings. The molecule has 1 aliphatic heterocycles. The van der Waals surface area contributed by atoms with Gasteiger partial charge in [-0.05, 0) is 42.8 Å². The van der Waals surface area contributed by atoms with E-state index < -0.39 is 5.97 Å². The summed E-state index contributed by atoms with van der Waals surface area (Å²) in [6, 6.07) is 13.0. The summed E-state index contributed by atoms with van der Waals surface area (Å²) in [5, 5.41) is 13.1. The molecule has 3 heterocycles. The third-order valence-corrected chi connectivity index (χ3v) is 4.50. The van der Waals surface area contributed by atoms with Crippen molar-refractivity contribution in [2.45, 2.75) is 6.92 Å². The van der Waals surface area contributed by atoms with Gasteiger partial charge in [-0.1, -0.05) is 17.3 Å². The molecule has 5 rings (SSSR count). The first-order valence-electron chi connectivity index (χ1n) is 9.24. The molecule has 10 nitrogen and oxygen atoms in total. The van der Waals surface area contributed by atoms with Crippen LogP contribution >= 0.6 is 0 Å². The topological polar surface area (TPSA) is 112 Å². The van der Waals surface area contributed by atoms with E-state index in [1.165, 1.54) is 4.52 Å². The Balaban J connectivity index is 1.52. The molecule has 0 amide bonds. The number of para-hydroxylation sites is 1. The third-order valence-electron chi connectivity index (χ3n) is 4.50. The maximum absolute atomic E-state index is 12.2. The fourth-order valence-corrected chi connectivity index (χ4v) is 3.14. The molecule has 0 aliphatic carbocycles. The van der Waals surface area contributed by atoms with E-state index in [0.29, 0.717) is 17.3 Å². The quantitative estimate of drug-likeness (QED) is 0.307. The van der Waals surface area contributed by atoms with Crippen LogP contribution in [0.5, 0.6) is 11.5 Å². The van der Waals surface area contributed by atoms with E-state index >= 15 is 0 Å². The zero-order valence-corrected chi connectivity index (χ0v) is 15.9. The molecule has 2 aromatic carbocycles. The van der Waals surface area contributed by atoms with Crippen LogP contribution in [-0.4, -0.2) is 45.4 Å². The number of hydrazone groups is 1. The van der Waals surface area contributed by atoms with Gasteiger partial charge in [-0.3, -0.25) is 5.43 Å². The van der Waals surface area contributed by atoms with Crippen LogP contribution in [0.25, 0.3) is 16.6 Å². The molecule has 1 aliphatic rings. The van der Waals surface area contributed by atoms with Gasteiger partial charge < -0.3 is 14.2 Å². The SMILES string of the molecule is CCOC(=O)c1nnn2c1nc(N/N=C\c1ccc3c(c1)OCO3)c1ccccc12. The van der Waals surface area contributed by atoms with Crippen LogP contribution in [-0.2, 0) is 4.74 Å². The highest BCUT2D eigenvalue weighted by atomic mass is 16.7. The average Bonchev–Trinajstić information content (AvgIpc) is 3.40. The van der Waals surface area contributed by atoms with Gasteiger partial charge in [-0.2, -0.15) is 9.62 Å². The predicted molar refractivity (Wildman–Crippen MR) is 108 cm³/mol. The maximum atomic E-state index is 12.2. The number of fused-ring (bicyclic) bond motifs is 4. The number of carbonyl (C=O) groups is 1. The van der Waals surface area contributed by atoms with Gasteiger partial charge in [0.1, 0.15) is 0 Å². The van der Waals surface area contributed by atoms with Crippen molar-refractivity contribution in [1.82, 2.24) is 19.8 Å². The number of ether oxygens (including phenoxy) is 3. The Morgan fingerprint density at radius 3 is 3.03 bits per heavy atom. The summed E-state index contributed by atoms with van der Waals surface area (Å²) < 4.78 is 17.3. The molecule has 0 bridgehead atoms. The van der Waals surface area contributed by atoms with Crippen LogP contribution in [0.1, 0.15) is 23.0 Å². The smallest absolute Gasteiger partial charge is 0.362 e. The molecular weight excluding hydrogens is 388 g/mol. The summed E-state index contributed by atoms with van der Waals surface area (Å²) in [5.74, 6) is 1.26. The van der Waals surface area contributed by atoms with Crippen molar-refractivity contribution in [1.29, 1.82) is 0 Å². The second-order valence-corrected chi connectivity index (χ2v) is 6.35. The van der Waals surface area contributed by atoms with Crippen LogP contribution in [0.3, 0.4) is 0 Å². The summed E-state index contributed by atoms with van der Waals surface area (Å²) in [6.07, 6.45) is 1.64. The van der Waals surface area contributed by atoms with Gasteiger partial charge in [0.05, 0.1) is 18.3 Å². The Hall–Kier alpha value is -4.21. The average molecular weight is 404 g/mol. The number of hydrogen-bond donors (Lipinski definition) is 1. The number of aromatic nitrogens is 4. The number of esters is 1. The Morgan fingerprint density at radius 1 is 1.27 bits per heavy atom. The number of carbonyl (C=O) groups excluding carboxylic acids is 1. The summed E-state index contributed by atoms with van der Waals surface area (Å²) in [4.78, 5) is 16.7. The molecular formula is C20H16N6O4. The molecule has 0 saturated heterocycles. The van der Waals surface area contributed by atoms with Crippen molar-refractivity contribution in [3.63, 3.8) is 0 Å². The van der Waals surface area contributed by atoms with Gasteiger partial charge >= 0.3 is 5.97 Å². The van der Waals surface area contributed by atoms with E-state index in [0.717, 1.165) is 16.5 Å². The second kappa shape index (κ2) is 7.32. The minimum absolute atomic E-state index is 0.0467. The lowest BCUT2D eigenvalue weighted by atomic mass is 10.2. The Morgan fingerprint density at radius 2 is 2.13 bits per heavy atom. The Bertz CT molecular complexity index is 1300. The highest BCUT2D eigenvalue weighted by Gasteiger charge is 2.20. The molecule has 10 heteroatoms. The van der Waals surface area contributed by atoms with Crippen molar-refractivity contribution in [3.05, 3.63) is 53.7 Å². The number of rotatable bonds is 5. The molecule has 0 radical (unpaired) electrons. The number of nitrogens with zero attached hydrogens (tertiary/aromatic N) is 5. The van der Waals surface area contributed by atoms with Crippen LogP contribution in [0.15, 0.2) is 47.6 Å². The van der Waals surface area contributed by atoms with Crippen molar-refractivity contribution in [2.75, 3.05) is 18.8 Å². The minimum atomic E-state index is -0.579. The number of benzene rings is 2. The number of anilines is 1. The summed E-state index contributed by atoms with van der Waals surface area (Å²) in [5.41, 5.74) is 4.84. The van der Waals surface area contributed by atoms with Gasteiger partial charge in [-0.25, -0.2) is 9.78 Å². The molecule has 0 fully saturated rings. The normalized spacial score (nSPS) is 12.7. The van der Waals surface area contributed by atoms with Crippen molar-refractivity contribution in [3.8, 4) is 11.5 Å². The van der Waals surface area contributed by atoms with Gasteiger partial charge in [0.25, 0.3) is 0 Å². The van der Waals surface area contributed by atoms with Crippen LogP contribution in [0.4, 0.5) is 5.82 Å². The van der Waals surface area contributed by atoms with Crippen LogP contribution in [0.2, 0.25) is 0 Å². The first-order valence-corrected chi connectivity index (χ1v) is 9.24. The van der Waals surface area contributed by atoms with E-state index in [1.54, 1.807) is 13.1 Å². The van der Waals surface area contributed by atoms with E-state index in [1.807, 2.05) is 42.5 Å². The second-order valence-electron chi connectivity index (χ2n) is 6.35. The van der Waals surface area contributed by atoms with Crippen LogP contribution in [0, 0.1) is 0 Å². The first kappa shape index (κ1) is 17.9. The van der Waals surface area contributed by atoms with E-state index in [9.17, 15) is 4.79 Å². The predicted octanol–water partition coefficient (Wildman–Crippen LogP) is 2.63. The lowest BCUT2D eigenvalue weighted by Crippen LogP contribution is -2.07. The number of nitrogens with one attached hydrogen (secondary N) is 1. The Labute approximate surface area is 170 Å².